The lowest BCUT2D eigenvalue weighted by atomic mass is 9.82. The molecule has 1 N–H and O–H groups in total. The summed E-state index contributed by atoms with van der Waals surface area (Å²) in [6.07, 6.45) is 4.16. The first-order chi connectivity index (χ1) is 6.89. The Morgan fingerprint density at radius 2 is 2.07 bits per heavy atom. The van der Waals surface area contributed by atoms with Crippen LogP contribution in [-0.2, 0) is 0 Å². The maximum absolute atomic E-state index is 10.5. The van der Waals surface area contributed by atoms with Gasteiger partial charge in [-0.1, -0.05) is 18.6 Å². The molecule has 15 heavy (non-hydrogen) atoms. The maximum Gasteiger partial charge on any atom is 0.209 e. The van der Waals surface area contributed by atoms with E-state index in [9.17, 15) is 10.1 Å². The number of aliphatic hydroxyl groups excluding tert-OH is 1. The van der Waals surface area contributed by atoms with Gasteiger partial charge in [-0.3, -0.25) is 10.1 Å². The summed E-state index contributed by atoms with van der Waals surface area (Å²) in [6, 6.07) is 0. The Labute approximate surface area is 91.1 Å². The molecule has 0 radical (unpaired) electrons. The van der Waals surface area contributed by atoms with E-state index in [1.165, 1.54) is 5.57 Å². The third kappa shape index (κ3) is 7.08. The van der Waals surface area contributed by atoms with Crippen molar-refractivity contribution in [1.29, 1.82) is 0 Å². The molecule has 88 valence electrons. The van der Waals surface area contributed by atoms with E-state index in [1.54, 1.807) is 0 Å². The van der Waals surface area contributed by atoms with Gasteiger partial charge < -0.3 is 5.11 Å². The van der Waals surface area contributed by atoms with Crippen LogP contribution in [0.4, 0.5) is 0 Å². The molecular weight excluding hydrogens is 194 g/mol. The third-order valence-electron chi connectivity index (χ3n) is 2.53. The molecule has 0 rings (SSSR count). The molecule has 0 aliphatic heterocycles. The quantitative estimate of drug-likeness (QED) is 0.403. The lowest BCUT2D eigenvalue weighted by Crippen LogP contribution is -2.27. The Hall–Kier alpha value is -0.900. The Kier molecular flexibility index (Phi) is 6.17. The first kappa shape index (κ1) is 14.1. The summed E-state index contributed by atoms with van der Waals surface area (Å²) < 4.78 is 0. The van der Waals surface area contributed by atoms with E-state index in [2.05, 4.69) is 6.08 Å². The van der Waals surface area contributed by atoms with Gasteiger partial charge in [0.05, 0.1) is 0 Å². The number of rotatable bonds is 7. The van der Waals surface area contributed by atoms with E-state index in [4.69, 9.17) is 5.11 Å². The van der Waals surface area contributed by atoms with Crippen LogP contribution in [0.5, 0.6) is 0 Å². The van der Waals surface area contributed by atoms with Gasteiger partial charge in [-0.15, -0.1) is 0 Å². The summed E-state index contributed by atoms with van der Waals surface area (Å²) >= 11 is 0. The second kappa shape index (κ2) is 6.56. The minimum atomic E-state index is -0.385. The summed E-state index contributed by atoms with van der Waals surface area (Å²) in [6.45, 7) is 5.84. The molecule has 0 unspecified atom stereocenters. The van der Waals surface area contributed by atoms with Gasteiger partial charge in [-0.2, -0.15) is 0 Å². The van der Waals surface area contributed by atoms with Crippen molar-refractivity contribution >= 4 is 0 Å². The van der Waals surface area contributed by atoms with Crippen molar-refractivity contribution in [3.05, 3.63) is 21.8 Å². The number of aliphatic hydroxyl groups is 1. The van der Waals surface area contributed by atoms with Crippen molar-refractivity contribution < 1.29 is 10.0 Å². The van der Waals surface area contributed by atoms with Crippen LogP contribution < -0.4 is 0 Å². The van der Waals surface area contributed by atoms with Gasteiger partial charge in [0.25, 0.3) is 0 Å². The molecule has 4 heteroatoms. The Bertz CT molecular complexity index is 234. The molecule has 0 saturated heterocycles. The van der Waals surface area contributed by atoms with Crippen molar-refractivity contribution in [3.8, 4) is 0 Å². The minimum absolute atomic E-state index is 0.0131. The van der Waals surface area contributed by atoms with Crippen molar-refractivity contribution in [1.82, 2.24) is 0 Å². The maximum atomic E-state index is 10.5. The average Bonchev–Trinajstić information content (AvgIpc) is 2.01. The van der Waals surface area contributed by atoms with Crippen molar-refractivity contribution in [2.24, 2.45) is 5.41 Å². The Balaban J connectivity index is 4.24. The predicted octanol–water partition coefficient (Wildman–Crippen LogP) is 2.40. The first-order valence-electron chi connectivity index (χ1n) is 5.26. The van der Waals surface area contributed by atoms with Gasteiger partial charge in [0.15, 0.2) is 0 Å². The molecule has 0 spiro atoms. The van der Waals surface area contributed by atoms with Crippen LogP contribution in [0.15, 0.2) is 11.6 Å². The highest BCUT2D eigenvalue weighted by atomic mass is 16.6. The molecule has 0 fully saturated rings. The van der Waals surface area contributed by atoms with Gasteiger partial charge in [0.1, 0.15) is 0 Å². The van der Waals surface area contributed by atoms with Crippen molar-refractivity contribution in [2.45, 2.75) is 40.0 Å². The molecule has 0 aliphatic rings. The van der Waals surface area contributed by atoms with E-state index < -0.39 is 0 Å². The first-order valence-corrected chi connectivity index (χ1v) is 5.26. The number of nitrogens with zero attached hydrogens (tertiary/aromatic N) is 1. The minimum Gasteiger partial charge on any atom is -0.396 e. The topological polar surface area (TPSA) is 63.4 Å². The molecule has 0 aromatic rings. The fraction of sp³-hybridized carbons (Fsp3) is 0.818. The standard InChI is InChI=1S/C11H21NO3/c1-10(2)5-4-6-11(3,7-8-13)9-12(14)15/h5,13H,4,6-9H2,1-3H3/t11-/m1/s1. The smallest absolute Gasteiger partial charge is 0.209 e. The molecule has 4 nitrogen and oxygen atoms in total. The zero-order valence-electron chi connectivity index (χ0n) is 9.82. The van der Waals surface area contributed by atoms with Crippen molar-refractivity contribution in [3.63, 3.8) is 0 Å². The van der Waals surface area contributed by atoms with Gasteiger partial charge in [0, 0.05) is 16.9 Å². The summed E-state index contributed by atoms with van der Waals surface area (Å²) in [5.41, 5.74) is 0.840. The summed E-state index contributed by atoms with van der Waals surface area (Å²) in [7, 11) is 0. The molecular formula is C11H21NO3. The lowest BCUT2D eigenvalue weighted by Gasteiger charge is -2.23. The highest BCUT2D eigenvalue weighted by molar-refractivity contribution is 4.93. The average molecular weight is 215 g/mol. The van der Waals surface area contributed by atoms with Crippen LogP contribution in [0, 0.1) is 15.5 Å². The van der Waals surface area contributed by atoms with Crippen LogP contribution in [0.2, 0.25) is 0 Å². The molecule has 0 aliphatic carbocycles. The van der Waals surface area contributed by atoms with E-state index in [0.29, 0.717) is 6.42 Å². The van der Waals surface area contributed by atoms with Crippen LogP contribution in [0.25, 0.3) is 0 Å². The molecule has 0 aromatic carbocycles. The van der Waals surface area contributed by atoms with Crippen LogP contribution in [0.3, 0.4) is 0 Å². The zero-order chi connectivity index (χ0) is 11.9. The molecule has 1 atom stereocenters. The molecule has 0 heterocycles. The molecule has 0 amide bonds. The zero-order valence-corrected chi connectivity index (χ0v) is 9.82. The second-order valence-corrected chi connectivity index (χ2v) is 4.60. The number of allylic oxidation sites excluding steroid dienone is 2. The van der Waals surface area contributed by atoms with Gasteiger partial charge in [-0.05, 0) is 33.1 Å². The Morgan fingerprint density at radius 1 is 1.47 bits per heavy atom. The third-order valence-corrected chi connectivity index (χ3v) is 2.53. The van der Waals surface area contributed by atoms with Crippen LogP contribution in [-0.4, -0.2) is 23.2 Å². The predicted molar refractivity (Wildman–Crippen MR) is 60.3 cm³/mol. The monoisotopic (exact) mass is 215 g/mol. The number of hydrogen-bond donors (Lipinski definition) is 1. The largest absolute Gasteiger partial charge is 0.396 e. The van der Waals surface area contributed by atoms with Crippen molar-refractivity contribution in [2.75, 3.05) is 13.2 Å². The fourth-order valence-corrected chi connectivity index (χ4v) is 1.57. The van der Waals surface area contributed by atoms with Gasteiger partial charge >= 0.3 is 0 Å². The van der Waals surface area contributed by atoms with Crippen LogP contribution >= 0.6 is 0 Å². The highest BCUT2D eigenvalue weighted by Crippen LogP contribution is 2.28. The van der Waals surface area contributed by atoms with Crippen LogP contribution in [0.1, 0.15) is 40.0 Å². The molecule has 0 aromatic heterocycles. The second-order valence-electron chi connectivity index (χ2n) is 4.60. The Morgan fingerprint density at radius 3 is 2.47 bits per heavy atom. The van der Waals surface area contributed by atoms with Gasteiger partial charge in [0.2, 0.25) is 6.54 Å². The number of hydrogen-bond acceptors (Lipinski definition) is 3. The normalized spacial score (nSPS) is 14.4. The lowest BCUT2D eigenvalue weighted by molar-refractivity contribution is -0.497. The van der Waals surface area contributed by atoms with Gasteiger partial charge in [-0.25, -0.2) is 0 Å². The summed E-state index contributed by atoms with van der Waals surface area (Å²) in [5, 5.41) is 19.4. The SMILES string of the molecule is CC(C)=CCC[C@](C)(CCO)C[N+](=O)[O-]. The summed E-state index contributed by atoms with van der Waals surface area (Å²) in [5.74, 6) is 0. The summed E-state index contributed by atoms with van der Waals surface area (Å²) in [4.78, 5) is 10.2. The molecule has 0 bridgehead atoms. The molecule has 0 saturated carbocycles. The van der Waals surface area contributed by atoms with E-state index >= 15 is 0 Å². The fourth-order valence-electron chi connectivity index (χ4n) is 1.57. The van der Waals surface area contributed by atoms with E-state index in [1.807, 2.05) is 20.8 Å². The van der Waals surface area contributed by atoms with E-state index in [0.717, 1.165) is 12.8 Å². The number of nitro groups is 1. The highest BCUT2D eigenvalue weighted by Gasteiger charge is 2.28. The van der Waals surface area contributed by atoms with E-state index in [-0.39, 0.29) is 23.5 Å².